The maximum atomic E-state index is 10.6. The summed E-state index contributed by atoms with van der Waals surface area (Å²) >= 11 is 0. The topological polar surface area (TPSA) is 83.7 Å². The standard InChI is InChI=1S/C18H35N5O2.HI/c1-7-19-17(20-10-9-16(14(3)4)25-8-2)21-13-18(5,24)15-11-22-23(6)12-15;/h11-12,14,16,24H,7-10,13H2,1-6H3,(H2,19,20,21);1H. The fraction of sp³-hybridized carbons (Fsp3) is 0.778. The zero-order valence-electron chi connectivity index (χ0n) is 17.0. The number of guanidine groups is 1. The molecule has 0 saturated heterocycles. The van der Waals surface area contributed by atoms with Gasteiger partial charge >= 0.3 is 0 Å². The number of hydrogen-bond donors (Lipinski definition) is 3. The molecule has 2 atom stereocenters. The minimum absolute atomic E-state index is 0. The van der Waals surface area contributed by atoms with Crippen LogP contribution in [0.1, 0.15) is 46.6 Å². The number of nitrogens with zero attached hydrogens (tertiary/aromatic N) is 3. The maximum Gasteiger partial charge on any atom is 0.191 e. The predicted octanol–water partition coefficient (Wildman–Crippen LogP) is 2.25. The fourth-order valence-corrected chi connectivity index (χ4v) is 2.52. The molecule has 0 bridgehead atoms. The first-order valence-electron chi connectivity index (χ1n) is 9.15. The van der Waals surface area contributed by atoms with Crippen molar-refractivity contribution in [3.05, 3.63) is 18.0 Å². The lowest BCUT2D eigenvalue weighted by Gasteiger charge is -2.22. The van der Waals surface area contributed by atoms with Gasteiger partial charge in [0, 0.05) is 38.5 Å². The average molecular weight is 481 g/mol. The van der Waals surface area contributed by atoms with Crippen LogP contribution in [0.2, 0.25) is 0 Å². The Labute approximate surface area is 175 Å². The smallest absolute Gasteiger partial charge is 0.191 e. The number of aliphatic imine (C=N–C) groups is 1. The normalized spacial score (nSPS) is 15.3. The van der Waals surface area contributed by atoms with Gasteiger partial charge in [0.25, 0.3) is 0 Å². The van der Waals surface area contributed by atoms with Gasteiger partial charge in [0.15, 0.2) is 5.96 Å². The van der Waals surface area contributed by atoms with Crippen molar-refractivity contribution in [1.82, 2.24) is 20.4 Å². The fourth-order valence-electron chi connectivity index (χ4n) is 2.52. The first kappa shape index (κ1) is 25.1. The summed E-state index contributed by atoms with van der Waals surface area (Å²) in [5.41, 5.74) is -0.298. The van der Waals surface area contributed by atoms with Crippen molar-refractivity contribution in [2.24, 2.45) is 18.0 Å². The summed E-state index contributed by atoms with van der Waals surface area (Å²) in [4.78, 5) is 4.53. The molecule has 0 saturated carbocycles. The molecule has 2 unspecified atom stereocenters. The van der Waals surface area contributed by atoms with Gasteiger partial charge in [-0.2, -0.15) is 5.10 Å². The van der Waals surface area contributed by atoms with Gasteiger partial charge in [-0.25, -0.2) is 4.99 Å². The summed E-state index contributed by atoms with van der Waals surface area (Å²) in [6.07, 6.45) is 4.63. The van der Waals surface area contributed by atoms with Crippen molar-refractivity contribution in [2.75, 3.05) is 26.2 Å². The number of aliphatic hydroxyl groups is 1. The number of aromatic nitrogens is 2. The average Bonchev–Trinajstić information content (AvgIpc) is 2.99. The molecule has 0 spiro atoms. The van der Waals surface area contributed by atoms with E-state index in [-0.39, 0.29) is 36.6 Å². The quantitative estimate of drug-likeness (QED) is 0.271. The Bertz CT molecular complexity index is 531. The Hall–Kier alpha value is -0.870. The zero-order chi connectivity index (χ0) is 18.9. The summed E-state index contributed by atoms with van der Waals surface area (Å²) < 4.78 is 7.45. The lowest BCUT2D eigenvalue weighted by molar-refractivity contribution is 0.0258. The lowest BCUT2D eigenvalue weighted by Crippen LogP contribution is -2.40. The number of nitrogens with one attached hydrogen (secondary N) is 2. The zero-order valence-corrected chi connectivity index (χ0v) is 19.3. The van der Waals surface area contributed by atoms with E-state index in [9.17, 15) is 5.11 Å². The minimum Gasteiger partial charge on any atom is -0.383 e. The molecule has 0 radical (unpaired) electrons. The molecule has 1 aromatic rings. The van der Waals surface area contributed by atoms with Crippen molar-refractivity contribution in [3.63, 3.8) is 0 Å². The Kier molecular flexibility index (Phi) is 12.1. The van der Waals surface area contributed by atoms with E-state index < -0.39 is 5.60 Å². The molecule has 7 nitrogen and oxygen atoms in total. The summed E-state index contributed by atoms with van der Waals surface area (Å²) in [7, 11) is 1.83. The maximum absolute atomic E-state index is 10.6. The molecular formula is C18H36IN5O2. The van der Waals surface area contributed by atoms with Crippen molar-refractivity contribution < 1.29 is 9.84 Å². The largest absolute Gasteiger partial charge is 0.383 e. The first-order chi connectivity index (χ1) is 11.8. The molecule has 8 heteroatoms. The molecule has 0 aliphatic rings. The van der Waals surface area contributed by atoms with Gasteiger partial charge in [0.05, 0.1) is 18.8 Å². The summed E-state index contributed by atoms with van der Waals surface area (Å²) in [5, 5.41) is 21.3. The third-order valence-electron chi connectivity index (χ3n) is 4.06. The predicted molar refractivity (Wildman–Crippen MR) is 117 cm³/mol. The number of rotatable bonds is 10. The van der Waals surface area contributed by atoms with Gasteiger partial charge in [-0.15, -0.1) is 24.0 Å². The van der Waals surface area contributed by atoms with Gasteiger partial charge in [-0.05, 0) is 33.1 Å². The van der Waals surface area contributed by atoms with Crippen LogP contribution in [-0.4, -0.2) is 53.2 Å². The second-order valence-corrected chi connectivity index (χ2v) is 6.82. The van der Waals surface area contributed by atoms with Crippen molar-refractivity contribution in [2.45, 2.75) is 52.7 Å². The molecule has 0 aliphatic carbocycles. The SMILES string of the molecule is CCNC(=NCC(C)(O)c1cnn(C)c1)NCCC(OCC)C(C)C.I. The van der Waals surface area contributed by atoms with E-state index in [4.69, 9.17) is 4.74 Å². The number of ether oxygens (including phenoxy) is 1. The Balaban J connectivity index is 0.00000625. The van der Waals surface area contributed by atoms with Crippen molar-refractivity contribution in [3.8, 4) is 0 Å². The van der Waals surface area contributed by atoms with E-state index in [0.29, 0.717) is 11.9 Å². The van der Waals surface area contributed by atoms with E-state index in [1.807, 2.05) is 27.1 Å². The minimum atomic E-state index is -1.05. The van der Waals surface area contributed by atoms with E-state index >= 15 is 0 Å². The van der Waals surface area contributed by atoms with Crippen molar-refractivity contribution >= 4 is 29.9 Å². The number of hydrogen-bond acceptors (Lipinski definition) is 4. The van der Waals surface area contributed by atoms with Gasteiger partial charge in [0.2, 0.25) is 0 Å². The summed E-state index contributed by atoms with van der Waals surface area (Å²) in [6, 6.07) is 0. The van der Waals surface area contributed by atoms with E-state index in [1.54, 1.807) is 17.8 Å². The Morgan fingerprint density at radius 2 is 2.08 bits per heavy atom. The van der Waals surface area contributed by atoms with Gasteiger partial charge in [-0.1, -0.05) is 13.8 Å². The van der Waals surface area contributed by atoms with Crippen molar-refractivity contribution in [1.29, 1.82) is 0 Å². The van der Waals surface area contributed by atoms with E-state index in [2.05, 4.69) is 34.6 Å². The summed E-state index contributed by atoms with van der Waals surface area (Å²) in [5.74, 6) is 1.18. The summed E-state index contributed by atoms with van der Waals surface area (Å²) in [6.45, 7) is 12.7. The molecular weight excluding hydrogens is 445 g/mol. The van der Waals surface area contributed by atoms with Crippen LogP contribution < -0.4 is 10.6 Å². The third-order valence-corrected chi connectivity index (χ3v) is 4.06. The lowest BCUT2D eigenvalue weighted by atomic mass is 10.0. The van der Waals surface area contributed by atoms with E-state index in [0.717, 1.165) is 31.7 Å². The molecule has 152 valence electrons. The first-order valence-corrected chi connectivity index (χ1v) is 9.15. The van der Waals surface area contributed by atoms with Gasteiger partial charge < -0.3 is 20.5 Å². The highest BCUT2D eigenvalue weighted by Gasteiger charge is 2.24. The molecule has 26 heavy (non-hydrogen) atoms. The van der Waals surface area contributed by atoms with Gasteiger partial charge in [-0.3, -0.25) is 4.68 Å². The Morgan fingerprint density at radius 3 is 2.58 bits per heavy atom. The molecule has 1 heterocycles. The van der Waals surface area contributed by atoms with Crippen LogP contribution in [-0.2, 0) is 17.4 Å². The van der Waals surface area contributed by atoms with Crippen LogP contribution in [0, 0.1) is 5.92 Å². The number of halogens is 1. The second kappa shape index (κ2) is 12.5. The van der Waals surface area contributed by atoms with Crippen LogP contribution in [0.5, 0.6) is 0 Å². The highest BCUT2D eigenvalue weighted by atomic mass is 127. The second-order valence-electron chi connectivity index (χ2n) is 6.82. The molecule has 0 amide bonds. The highest BCUT2D eigenvalue weighted by molar-refractivity contribution is 14.0. The van der Waals surface area contributed by atoms with Gasteiger partial charge in [0.1, 0.15) is 5.60 Å². The Morgan fingerprint density at radius 1 is 1.38 bits per heavy atom. The molecule has 1 rings (SSSR count). The van der Waals surface area contributed by atoms with Crippen LogP contribution in [0.4, 0.5) is 0 Å². The van der Waals surface area contributed by atoms with Crippen LogP contribution >= 0.6 is 24.0 Å². The molecule has 3 N–H and O–H groups in total. The van der Waals surface area contributed by atoms with E-state index in [1.165, 1.54) is 0 Å². The molecule has 0 fully saturated rings. The monoisotopic (exact) mass is 481 g/mol. The molecule has 1 aromatic heterocycles. The van der Waals surface area contributed by atoms with Crippen LogP contribution in [0.25, 0.3) is 0 Å². The molecule has 0 aliphatic heterocycles. The molecule has 0 aromatic carbocycles. The van der Waals surface area contributed by atoms with Crippen LogP contribution in [0.15, 0.2) is 17.4 Å². The number of aryl methyl sites for hydroxylation is 1. The highest BCUT2D eigenvalue weighted by Crippen LogP contribution is 2.19. The van der Waals surface area contributed by atoms with Crippen LogP contribution in [0.3, 0.4) is 0 Å². The third kappa shape index (κ3) is 8.68.